The van der Waals surface area contributed by atoms with Gasteiger partial charge in [-0.25, -0.2) is 4.79 Å². The van der Waals surface area contributed by atoms with Crippen LogP contribution in [-0.2, 0) is 9.53 Å². The zero-order valence-corrected chi connectivity index (χ0v) is 12.9. The highest BCUT2D eigenvalue weighted by atomic mass is 16.5. The first-order valence-electron chi connectivity index (χ1n) is 6.77. The number of ether oxygens (including phenoxy) is 1. The Labute approximate surface area is 116 Å². The Morgan fingerprint density at radius 1 is 1.37 bits per heavy atom. The SMILES string of the molecule is COC(=O)/C(C)=C/[C@H](C)C[C@H](C)C[C@@](C)(O)[C@H](C)O. The van der Waals surface area contributed by atoms with Crippen molar-refractivity contribution in [3.8, 4) is 0 Å². The molecule has 0 fully saturated rings. The number of methoxy groups -OCH3 is 1. The molecule has 112 valence electrons. The van der Waals surface area contributed by atoms with Crippen molar-refractivity contribution in [2.24, 2.45) is 11.8 Å². The molecule has 0 aromatic rings. The van der Waals surface area contributed by atoms with Crippen molar-refractivity contribution in [2.75, 3.05) is 7.11 Å². The summed E-state index contributed by atoms with van der Waals surface area (Å²) in [6.45, 7) is 9.04. The standard InChI is InChI=1S/C15H28O4/c1-10(8-12(3)14(17)19-6)7-11(2)9-15(5,18)13(4)16/h8,10-11,13,16,18H,7,9H2,1-6H3/b12-8+/t10-,11+,13+,15-/m1/s1. The number of hydrogen-bond acceptors (Lipinski definition) is 4. The van der Waals surface area contributed by atoms with E-state index in [1.54, 1.807) is 20.8 Å². The van der Waals surface area contributed by atoms with Crippen LogP contribution in [0.2, 0.25) is 0 Å². The maximum atomic E-state index is 11.3. The van der Waals surface area contributed by atoms with Crippen LogP contribution < -0.4 is 0 Å². The highest BCUT2D eigenvalue weighted by Crippen LogP contribution is 2.25. The summed E-state index contributed by atoms with van der Waals surface area (Å²) in [6, 6.07) is 0. The Hall–Kier alpha value is -0.870. The van der Waals surface area contributed by atoms with E-state index < -0.39 is 11.7 Å². The van der Waals surface area contributed by atoms with Crippen molar-refractivity contribution in [2.45, 2.75) is 59.2 Å². The predicted molar refractivity (Wildman–Crippen MR) is 75.6 cm³/mol. The van der Waals surface area contributed by atoms with E-state index >= 15 is 0 Å². The van der Waals surface area contributed by atoms with Gasteiger partial charge in [-0.2, -0.15) is 0 Å². The Balaban J connectivity index is 4.42. The summed E-state index contributed by atoms with van der Waals surface area (Å²) >= 11 is 0. The number of carbonyl (C=O) groups is 1. The van der Waals surface area contributed by atoms with Crippen LogP contribution in [-0.4, -0.2) is 35.0 Å². The Bertz CT molecular complexity index is 318. The van der Waals surface area contributed by atoms with Crippen LogP contribution in [0.5, 0.6) is 0 Å². The zero-order valence-electron chi connectivity index (χ0n) is 12.9. The Kier molecular flexibility index (Phi) is 7.30. The molecule has 4 nitrogen and oxygen atoms in total. The molecule has 0 spiro atoms. The molecule has 2 N–H and O–H groups in total. The van der Waals surface area contributed by atoms with E-state index in [1.807, 2.05) is 19.9 Å². The summed E-state index contributed by atoms with van der Waals surface area (Å²) in [5.41, 5.74) is -0.468. The molecule has 0 aliphatic rings. The molecule has 0 aromatic heterocycles. The van der Waals surface area contributed by atoms with Gasteiger partial charge in [-0.1, -0.05) is 19.9 Å². The second kappa shape index (κ2) is 7.65. The monoisotopic (exact) mass is 272 g/mol. The number of allylic oxidation sites excluding steroid dienone is 1. The Morgan fingerprint density at radius 3 is 2.32 bits per heavy atom. The fourth-order valence-electron chi connectivity index (χ4n) is 2.32. The van der Waals surface area contributed by atoms with Gasteiger partial charge in [-0.05, 0) is 45.4 Å². The van der Waals surface area contributed by atoms with E-state index in [4.69, 9.17) is 0 Å². The molecule has 0 saturated carbocycles. The minimum atomic E-state index is -1.07. The normalized spacial score (nSPS) is 20.3. The van der Waals surface area contributed by atoms with Gasteiger partial charge in [0.25, 0.3) is 0 Å². The van der Waals surface area contributed by atoms with Crippen LogP contribution in [0.1, 0.15) is 47.5 Å². The van der Waals surface area contributed by atoms with Gasteiger partial charge in [0, 0.05) is 5.57 Å². The summed E-state index contributed by atoms with van der Waals surface area (Å²) < 4.78 is 4.65. The van der Waals surface area contributed by atoms with Crippen molar-refractivity contribution in [3.05, 3.63) is 11.6 Å². The molecule has 0 unspecified atom stereocenters. The summed E-state index contributed by atoms with van der Waals surface area (Å²) in [5, 5.41) is 19.5. The topological polar surface area (TPSA) is 66.8 Å². The molecule has 0 amide bonds. The van der Waals surface area contributed by atoms with Crippen molar-refractivity contribution in [3.63, 3.8) is 0 Å². The minimum Gasteiger partial charge on any atom is -0.466 e. The highest BCUT2D eigenvalue weighted by Gasteiger charge is 2.29. The van der Waals surface area contributed by atoms with Gasteiger partial charge in [0.1, 0.15) is 0 Å². The van der Waals surface area contributed by atoms with E-state index in [0.29, 0.717) is 12.0 Å². The van der Waals surface area contributed by atoms with Gasteiger partial charge < -0.3 is 14.9 Å². The van der Waals surface area contributed by atoms with Gasteiger partial charge in [0.15, 0.2) is 0 Å². The van der Waals surface area contributed by atoms with Crippen LogP contribution in [0.3, 0.4) is 0 Å². The molecule has 0 heterocycles. The van der Waals surface area contributed by atoms with Gasteiger partial charge in [0.2, 0.25) is 0 Å². The number of aliphatic hydroxyl groups excluding tert-OH is 1. The minimum absolute atomic E-state index is 0.221. The third-order valence-corrected chi connectivity index (χ3v) is 3.48. The van der Waals surface area contributed by atoms with Gasteiger partial charge in [-0.3, -0.25) is 0 Å². The van der Waals surface area contributed by atoms with Crippen molar-refractivity contribution >= 4 is 5.97 Å². The molecule has 4 atom stereocenters. The smallest absolute Gasteiger partial charge is 0.333 e. The number of esters is 1. The second-order valence-corrected chi connectivity index (χ2v) is 5.90. The van der Waals surface area contributed by atoms with E-state index in [1.165, 1.54) is 7.11 Å². The maximum Gasteiger partial charge on any atom is 0.333 e. The fraction of sp³-hybridized carbons (Fsp3) is 0.800. The lowest BCUT2D eigenvalue weighted by Gasteiger charge is -2.30. The third-order valence-electron chi connectivity index (χ3n) is 3.48. The molecule has 19 heavy (non-hydrogen) atoms. The highest BCUT2D eigenvalue weighted by molar-refractivity contribution is 5.87. The predicted octanol–water partition coefficient (Wildman–Crippen LogP) is 2.29. The first kappa shape index (κ1) is 18.1. The molecule has 0 bridgehead atoms. The molecule has 0 radical (unpaired) electrons. The lowest BCUT2D eigenvalue weighted by molar-refractivity contribution is -0.136. The molecular formula is C15H28O4. The van der Waals surface area contributed by atoms with Crippen molar-refractivity contribution in [1.82, 2.24) is 0 Å². The van der Waals surface area contributed by atoms with Crippen LogP contribution in [0.25, 0.3) is 0 Å². The second-order valence-electron chi connectivity index (χ2n) is 5.90. The first-order valence-corrected chi connectivity index (χ1v) is 6.77. The quantitative estimate of drug-likeness (QED) is 0.551. The lowest BCUT2D eigenvalue weighted by atomic mass is 9.84. The molecule has 0 rings (SSSR count). The van der Waals surface area contributed by atoms with E-state index in [-0.39, 0.29) is 17.8 Å². The summed E-state index contributed by atoms with van der Waals surface area (Å²) in [5.74, 6) is 0.163. The Morgan fingerprint density at radius 2 is 1.89 bits per heavy atom. The largest absolute Gasteiger partial charge is 0.466 e. The third kappa shape index (κ3) is 6.73. The maximum absolute atomic E-state index is 11.3. The number of hydrogen-bond donors (Lipinski definition) is 2. The number of aliphatic hydroxyl groups is 2. The number of carbonyl (C=O) groups excluding carboxylic acids is 1. The van der Waals surface area contributed by atoms with Crippen molar-refractivity contribution < 1.29 is 19.7 Å². The molecule has 0 aromatic carbocycles. The number of rotatable bonds is 7. The molecule has 0 aliphatic heterocycles. The average molecular weight is 272 g/mol. The van der Waals surface area contributed by atoms with Gasteiger partial charge in [0.05, 0.1) is 18.8 Å². The molecular weight excluding hydrogens is 244 g/mol. The van der Waals surface area contributed by atoms with E-state index in [2.05, 4.69) is 4.74 Å². The van der Waals surface area contributed by atoms with Crippen LogP contribution in [0, 0.1) is 11.8 Å². The van der Waals surface area contributed by atoms with Crippen LogP contribution in [0.4, 0.5) is 0 Å². The van der Waals surface area contributed by atoms with E-state index in [0.717, 1.165) is 6.42 Å². The van der Waals surface area contributed by atoms with Crippen LogP contribution >= 0.6 is 0 Å². The molecule has 4 heteroatoms. The van der Waals surface area contributed by atoms with Gasteiger partial charge >= 0.3 is 5.97 Å². The summed E-state index contributed by atoms with van der Waals surface area (Å²) in [4.78, 5) is 11.3. The first-order chi connectivity index (χ1) is 8.60. The van der Waals surface area contributed by atoms with Crippen LogP contribution in [0.15, 0.2) is 11.6 Å². The summed E-state index contributed by atoms with van der Waals surface area (Å²) in [7, 11) is 1.37. The zero-order chi connectivity index (χ0) is 15.2. The van der Waals surface area contributed by atoms with Crippen molar-refractivity contribution in [1.29, 1.82) is 0 Å². The van der Waals surface area contributed by atoms with E-state index in [9.17, 15) is 15.0 Å². The summed E-state index contributed by atoms with van der Waals surface area (Å²) in [6.07, 6.45) is 2.51. The molecule has 0 saturated heterocycles. The molecule has 0 aliphatic carbocycles. The average Bonchev–Trinajstić information content (AvgIpc) is 2.26. The van der Waals surface area contributed by atoms with Gasteiger partial charge in [-0.15, -0.1) is 0 Å². The fourth-order valence-corrected chi connectivity index (χ4v) is 2.32. The lowest BCUT2D eigenvalue weighted by Crippen LogP contribution is -2.38.